The number of hydrogen-bond donors (Lipinski definition) is 1. The highest BCUT2D eigenvalue weighted by Crippen LogP contribution is 2.21. The minimum Gasteiger partial charge on any atom is -0.356 e. The molecule has 136 valence electrons. The minimum atomic E-state index is -0.294. The van der Waals surface area contributed by atoms with Gasteiger partial charge in [-0.25, -0.2) is 9.49 Å². The van der Waals surface area contributed by atoms with Crippen molar-refractivity contribution in [2.24, 2.45) is 0 Å². The smallest absolute Gasteiger partial charge is 0.273 e. The summed E-state index contributed by atoms with van der Waals surface area (Å²) in [7, 11) is 0. The van der Waals surface area contributed by atoms with Crippen molar-refractivity contribution in [2.45, 2.75) is 19.8 Å². The van der Waals surface area contributed by atoms with Crippen molar-refractivity contribution in [1.82, 2.24) is 14.8 Å². The van der Waals surface area contributed by atoms with E-state index in [0.717, 1.165) is 16.7 Å². The van der Waals surface area contributed by atoms with Crippen LogP contribution in [0.5, 0.6) is 0 Å². The molecule has 4 rings (SSSR count). The predicted molar refractivity (Wildman–Crippen MR) is 101 cm³/mol. The van der Waals surface area contributed by atoms with Crippen molar-refractivity contribution >= 4 is 10.9 Å². The fraction of sp³-hybridized carbons (Fsp3) is 0.143. The molecular formula is C21H18FN3O2. The maximum atomic E-state index is 13.5. The maximum Gasteiger partial charge on any atom is 0.273 e. The van der Waals surface area contributed by atoms with Crippen LogP contribution in [0.2, 0.25) is 0 Å². The highest BCUT2D eigenvalue weighted by atomic mass is 19.1. The second kappa shape index (κ2) is 7.55. The van der Waals surface area contributed by atoms with Crippen LogP contribution in [0.3, 0.4) is 0 Å². The van der Waals surface area contributed by atoms with E-state index in [0.29, 0.717) is 30.7 Å². The Morgan fingerprint density at radius 1 is 1.07 bits per heavy atom. The van der Waals surface area contributed by atoms with Crippen LogP contribution in [0.25, 0.3) is 10.9 Å². The van der Waals surface area contributed by atoms with Crippen molar-refractivity contribution < 1.29 is 9.13 Å². The first-order chi connectivity index (χ1) is 13.2. The van der Waals surface area contributed by atoms with Crippen molar-refractivity contribution in [3.05, 3.63) is 99.9 Å². The molecule has 0 radical (unpaired) electrons. The fourth-order valence-electron chi connectivity index (χ4n) is 3.18. The topological polar surface area (TPSA) is 59.9 Å². The number of aromatic nitrogens is 3. The lowest BCUT2D eigenvalue weighted by atomic mass is 10.1. The van der Waals surface area contributed by atoms with Gasteiger partial charge in [0.05, 0.1) is 23.7 Å². The first-order valence-electron chi connectivity index (χ1n) is 8.62. The SMILES string of the molecule is O=c1[nH]ncc2c1c(Cc1cccc(F)c1)cn2COCc1ccccc1. The van der Waals surface area contributed by atoms with E-state index in [1.54, 1.807) is 12.3 Å². The quantitative estimate of drug-likeness (QED) is 0.569. The van der Waals surface area contributed by atoms with E-state index < -0.39 is 0 Å². The summed E-state index contributed by atoms with van der Waals surface area (Å²) in [5, 5.41) is 6.93. The summed E-state index contributed by atoms with van der Waals surface area (Å²) >= 11 is 0. The van der Waals surface area contributed by atoms with E-state index in [-0.39, 0.29) is 11.4 Å². The summed E-state index contributed by atoms with van der Waals surface area (Å²) in [5.74, 6) is -0.294. The molecule has 4 aromatic rings. The van der Waals surface area contributed by atoms with E-state index in [1.165, 1.54) is 12.1 Å². The van der Waals surface area contributed by atoms with Crippen LogP contribution >= 0.6 is 0 Å². The third kappa shape index (κ3) is 3.80. The number of nitrogens with one attached hydrogen (secondary N) is 1. The molecule has 2 heterocycles. The van der Waals surface area contributed by atoms with Crippen LogP contribution in [0.15, 0.2) is 71.8 Å². The van der Waals surface area contributed by atoms with Crippen molar-refractivity contribution in [1.29, 1.82) is 0 Å². The van der Waals surface area contributed by atoms with Crippen molar-refractivity contribution in [3.63, 3.8) is 0 Å². The van der Waals surface area contributed by atoms with E-state index in [2.05, 4.69) is 10.2 Å². The average molecular weight is 363 g/mol. The van der Waals surface area contributed by atoms with Gasteiger partial charge in [0.2, 0.25) is 0 Å². The molecule has 0 atom stereocenters. The van der Waals surface area contributed by atoms with Crippen LogP contribution in [0.1, 0.15) is 16.7 Å². The summed E-state index contributed by atoms with van der Waals surface area (Å²) in [6.45, 7) is 0.760. The van der Waals surface area contributed by atoms with E-state index in [1.807, 2.05) is 47.2 Å². The molecule has 0 saturated carbocycles. The molecular weight excluding hydrogens is 345 g/mol. The molecule has 2 aromatic carbocycles. The Balaban J connectivity index is 1.61. The van der Waals surface area contributed by atoms with Gasteiger partial charge in [-0.15, -0.1) is 0 Å². The molecule has 0 aliphatic heterocycles. The van der Waals surface area contributed by atoms with Gasteiger partial charge in [-0.3, -0.25) is 4.79 Å². The van der Waals surface area contributed by atoms with Crippen LogP contribution in [-0.2, 0) is 24.5 Å². The largest absolute Gasteiger partial charge is 0.356 e. The zero-order chi connectivity index (χ0) is 18.6. The van der Waals surface area contributed by atoms with Crippen LogP contribution < -0.4 is 5.56 Å². The van der Waals surface area contributed by atoms with Gasteiger partial charge in [0.1, 0.15) is 12.5 Å². The standard InChI is InChI=1S/C21H18FN3O2/c22-18-8-4-7-16(10-18)9-17-12-25(19-11-23-24-21(26)20(17)19)14-27-13-15-5-2-1-3-6-15/h1-8,10-12H,9,13-14H2,(H,24,26). The summed E-state index contributed by atoms with van der Waals surface area (Å²) in [5.41, 5.74) is 3.11. The molecule has 0 fully saturated rings. The van der Waals surface area contributed by atoms with Crippen molar-refractivity contribution in [2.75, 3.05) is 0 Å². The lowest BCUT2D eigenvalue weighted by Gasteiger charge is -2.06. The number of nitrogens with zero attached hydrogens (tertiary/aromatic N) is 2. The Morgan fingerprint density at radius 2 is 1.89 bits per heavy atom. The number of benzene rings is 2. The Labute approximate surface area is 155 Å². The Morgan fingerprint density at radius 3 is 2.70 bits per heavy atom. The molecule has 0 spiro atoms. The van der Waals surface area contributed by atoms with Crippen LogP contribution in [0.4, 0.5) is 4.39 Å². The van der Waals surface area contributed by atoms with Gasteiger partial charge in [-0.2, -0.15) is 5.10 Å². The first kappa shape index (κ1) is 17.2. The second-order valence-corrected chi connectivity index (χ2v) is 6.35. The molecule has 5 nitrogen and oxygen atoms in total. The monoisotopic (exact) mass is 363 g/mol. The summed E-state index contributed by atoms with van der Waals surface area (Å²) < 4.78 is 21.1. The maximum absolute atomic E-state index is 13.5. The molecule has 0 amide bonds. The zero-order valence-electron chi connectivity index (χ0n) is 14.6. The molecule has 6 heteroatoms. The Bertz CT molecular complexity index is 1120. The molecule has 0 saturated heterocycles. The molecule has 27 heavy (non-hydrogen) atoms. The van der Waals surface area contributed by atoms with E-state index >= 15 is 0 Å². The number of H-pyrrole nitrogens is 1. The lowest BCUT2D eigenvalue weighted by Crippen LogP contribution is -2.09. The van der Waals surface area contributed by atoms with Gasteiger partial charge in [-0.1, -0.05) is 42.5 Å². The fourth-order valence-corrected chi connectivity index (χ4v) is 3.18. The van der Waals surface area contributed by atoms with Crippen LogP contribution in [-0.4, -0.2) is 14.8 Å². The molecule has 2 aromatic heterocycles. The molecule has 1 N–H and O–H groups in total. The first-order valence-corrected chi connectivity index (χ1v) is 8.62. The Kier molecular flexibility index (Phi) is 4.80. The minimum absolute atomic E-state index is 0.263. The molecule has 0 aliphatic carbocycles. The van der Waals surface area contributed by atoms with Gasteiger partial charge in [0.25, 0.3) is 5.56 Å². The predicted octanol–water partition coefficient (Wildman–Crippen LogP) is 3.63. The average Bonchev–Trinajstić information content (AvgIpc) is 3.01. The Hall–Kier alpha value is -3.25. The summed E-state index contributed by atoms with van der Waals surface area (Å²) in [6, 6.07) is 16.3. The molecule has 0 aliphatic rings. The second-order valence-electron chi connectivity index (χ2n) is 6.35. The number of hydrogen-bond acceptors (Lipinski definition) is 3. The number of rotatable bonds is 6. The van der Waals surface area contributed by atoms with Crippen molar-refractivity contribution in [3.8, 4) is 0 Å². The lowest BCUT2D eigenvalue weighted by molar-refractivity contribution is 0.0667. The van der Waals surface area contributed by atoms with Gasteiger partial charge in [-0.05, 0) is 35.2 Å². The normalized spacial score (nSPS) is 11.1. The number of ether oxygens (including phenoxy) is 1. The van der Waals surface area contributed by atoms with E-state index in [9.17, 15) is 9.18 Å². The summed E-state index contributed by atoms with van der Waals surface area (Å²) in [6.07, 6.45) is 3.93. The highest BCUT2D eigenvalue weighted by Gasteiger charge is 2.13. The number of fused-ring (bicyclic) bond motifs is 1. The van der Waals surface area contributed by atoms with Gasteiger partial charge in [0, 0.05) is 6.20 Å². The molecule has 0 unspecified atom stereocenters. The van der Waals surface area contributed by atoms with Gasteiger partial charge in [0.15, 0.2) is 0 Å². The highest BCUT2D eigenvalue weighted by molar-refractivity contribution is 5.82. The zero-order valence-corrected chi connectivity index (χ0v) is 14.6. The number of halogens is 1. The molecule has 0 bridgehead atoms. The van der Waals surface area contributed by atoms with Crippen LogP contribution in [0, 0.1) is 5.82 Å². The number of aromatic amines is 1. The van der Waals surface area contributed by atoms with Gasteiger partial charge >= 0.3 is 0 Å². The van der Waals surface area contributed by atoms with Gasteiger partial charge < -0.3 is 9.30 Å². The summed E-state index contributed by atoms with van der Waals surface area (Å²) in [4.78, 5) is 12.3. The van der Waals surface area contributed by atoms with E-state index in [4.69, 9.17) is 4.74 Å². The third-order valence-corrected chi connectivity index (χ3v) is 4.40. The third-order valence-electron chi connectivity index (χ3n) is 4.40.